The van der Waals surface area contributed by atoms with Crippen molar-refractivity contribution in [1.29, 1.82) is 0 Å². The van der Waals surface area contributed by atoms with Crippen LogP contribution in [-0.2, 0) is 4.79 Å². The van der Waals surface area contributed by atoms with Gasteiger partial charge in [-0.15, -0.1) is 0 Å². The highest BCUT2D eigenvalue weighted by molar-refractivity contribution is 5.87. The van der Waals surface area contributed by atoms with E-state index < -0.39 is 24.5 Å². The van der Waals surface area contributed by atoms with E-state index >= 15 is 0 Å². The summed E-state index contributed by atoms with van der Waals surface area (Å²) in [5, 5.41) is 8.59. The first kappa shape index (κ1) is 17.0. The Morgan fingerprint density at radius 2 is 2.05 bits per heavy atom. The van der Waals surface area contributed by atoms with Crippen molar-refractivity contribution in [2.75, 3.05) is 18.0 Å². The van der Waals surface area contributed by atoms with E-state index in [0.29, 0.717) is 6.42 Å². The number of carbonyl (C=O) groups is 1. The minimum Gasteiger partial charge on any atom is -0.478 e. The molecule has 1 N–H and O–H groups in total. The van der Waals surface area contributed by atoms with Gasteiger partial charge in [0.25, 0.3) is 0 Å². The van der Waals surface area contributed by atoms with Crippen molar-refractivity contribution in [3.8, 4) is 0 Å². The van der Waals surface area contributed by atoms with Gasteiger partial charge in [-0.3, -0.25) is 0 Å². The normalized spacial score (nSPS) is 11.9. The summed E-state index contributed by atoms with van der Waals surface area (Å²) in [6, 6.07) is 3.74. The van der Waals surface area contributed by atoms with Crippen molar-refractivity contribution < 1.29 is 27.5 Å². The fourth-order valence-electron chi connectivity index (χ4n) is 1.92. The highest BCUT2D eigenvalue weighted by Gasteiger charge is 2.32. The summed E-state index contributed by atoms with van der Waals surface area (Å²) in [5.41, 5.74) is -0.149. The van der Waals surface area contributed by atoms with Gasteiger partial charge in [0.05, 0.1) is 5.69 Å². The first-order chi connectivity index (χ1) is 9.74. The molecule has 0 aliphatic heterocycles. The molecule has 0 fully saturated rings. The SMILES string of the molecule is CCCN(CC(F)(F)F)c1c(F)cccc1/C=C/C(=O)O. The van der Waals surface area contributed by atoms with Gasteiger partial charge < -0.3 is 10.0 Å². The molecule has 0 atom stereocenters. The Kier molecular flexibility index (Phi) is 5.75. The molecule has 0 radical (unpaired) electrons. The van der Waals surface area contributed by atoms with Crippen LogP contribution in [0.2, 0.25) is 0 Å². The maximum absolute atomic E-state index is 13.9. The molecule has 3 nitrogen and oxygen atoms in total. The van der Waals surface area contributed by atoms with Gasteiger partial charge in [-0.1, -0.05) is 19.1 Å². The number of hydrogen-bond donors (Lipinski definition) is 1. The summed E-state index contributed by atoms with van der Waals surface area (Å²) >= 11 is 0. The van der Waals surface area contributed by atoms with Crippen LogP contribution in [0.25, 0.3) is 6.08 Å². The fraction of sp³-hybridized carbons (Fsp3) is 0.357. The Balaban J connectivity index is 3.25. The summed E-state index contributed by atoms with van der Waals surface area (Å²) in [4.78, 5) is 11.4. The van der Waals surface area contributed by atoms with Crippen LogP contribution in [0.15, 0.2) is 24.3 Å². The Morgan fingerprint density at radius 3 is 2.57 bits per heavy atom. The highest BCUT2D eigenvalue weighted by atomic mass is 19.4. The third-order valence-electron chi connectivity index (χ3n) is 2.60. The second-order valence-corrected chi connectivity index (χ2v) is 4.39. The van der Waals surface area contributed by atoms with Crippen LogP contribution in [0.5, 0.6) is 0 Å². The zero-order valence-electron chi connectivity index (χ0n) is 11.3. The van der Waals surface area contributed by atoms with E-state index in [1.807, 2.05) is 0 Å². The van der Waals surface area contributed by atoms with Crippen LogP contribution in [0.1, 0.15) is 18.9 Å². The standard InChI is InChI=1S/C14H15F4NO2/c1-2-8-19(9-14(16,17)18)13-10(6-7-12(20)21)4-3-5-11(13)15/h3-7H,2,8-9H2,1H3,(H,20,21)/b7-6+. The molecular formula is C14H15F4NO2. The third kappa shape index (κ3) is 5.45. The number of carboxylic acids is 1. The van der Waals surface area contributed by atoms with Crippen LogP contribution in [-0.4, -0.2) is 30.3 Å². The second-order valence-electron chi connectivity index (χ2n) is 4.39. The minimum atomic E-state index is -4.48. The zero-order chi connectivity index (χ0) is 16.0. The number of para-hydroxylation sites is 1. The first-order valence-corrected chi connectivity index (χ1v) is 6.26. The molecule has 0 saturated carbocycles. The lowest BCUT2D eigenvalue weighted by Crippen LogP contribution is -2.35. The summed E-state index contributed by atoms with van der Waals surface area (Å²) in [6.45, 7) is 0.390. The molecule has 0 bridgehead atoms. The Labute approximate surface area is 119 Å². The Bertz CT molecular complexity index is 526. The number of halogens is 4. The van der Waals surface area contributed by atoms with E-state index in [0.717, 1.165) is 23.1 Å². The van der Waals surface area contributed by atoms with Crippen LogP contribution in [0, 0.1) is 5.82 Å². The van der Waals surface area contributed by atoms with Crippen molar-refractivity contribution in [2.45, 2.75) is 19.5 Å². The van der Waals surface area contributed by atoms with Crippen molar-refractivity contribution in [1.82, 2.24) is 0 Å². The van der Waals surface area contributed by atoms with E-state index in [2.05, 4.69) is 0 Å². The smallest absolute Gasteiger partial charge is 0.405 e. The third-order valence-corrected chi connectivity index (χ3v) is 2.60. The average Bonchev–Trinajstić information content (AvgIpc) is 2.34. The van der Waals surface area contributed by atoms with E-state index in [1.54, 1.807) is 6.92 Å². The molecule has 7 heteroatoms. The molecule has 0 aliphatic rings. The van der Waals surface area contributed by atoms with Crippen molar-refractivity contribution >= 4 is 17.7 Å². The van der Waals surface area contributed by atoms with Gasteiger partial charge in [0.15, 0.2) is 0 Å². The zero-order valence-corrected chi connectivity index (χ0v) is 11.3. The molecule has 0 spiro atoms. The lowest BCUT2D eigenvalue weighted by Gasteiger charge is -2.27. The van der Waals surface area contributed by atoms with Crippen LogP contribution < -0.4 is 4.90 Å². The molecule has 1 rings (SSSR count). The quantitative estimate of drug-likeness (QED) is 0.643. The summed E-state index contributed by atoms with van der Waals surface area (Å²) < 4.78 is 51.8. The summed E-state index contributed by atoms with van der Waals surface area (Å²) in [7, 11) is 0. The molecule has 1 aromatic carbocycles. The van der Waals surface area contributed by atoms with Gasteiger partial charge in [-0.25, -0.2) is 9.18 Å². The molecule has 21 heavy (non-hydrogen) atoms. The van der Waals surface area contributed by atoms with Gasteiger partial charge in [0.1, 0.15) is 12.4 Å². The largest absolute Gasteiger partial charge is 0.478 e. The predicted molar refractivity (Wildman–Crippen MR) is 71.6 cm³/mol. The van der Waals surface area contributed by atoms with Crippen LogP contribution in [0.3, 0.4) is 0 Å². The molecule has 0 aromatic heterocycles. The molecule has 0 saturated heterocycles. The number of anilines is 1. The van der Waals surface area contributed by atoms with Gasteiger partial charge >= 0.3 is 12.1 Å². The molecule has 116 valence electrons. The number of benzene rings is 1. The van der Waals surface area contributed by atoms with Crippen LogP contribution >= 0.6 is 0 Å². The minimum absolute atomic E-state index is 0.00829. The lowest BCUT2D eigenvalue weighted by molar-refractivity contribution is -0.131. The first-order valence-electron chi connectivity index (χ1n) is 6.26. The molecular weight excluding hydrogens is 290 g/mol. The number of aliphatic carboxylic acids is 1. The number of hydrogen-bond acceptors (Lipinski definition) is 2. The van der Waals surface area contributed by atoms with E-state index in [-0.39, 0.29) is 17.8 Å². The van der Waals surface area contributed by atoms with Crippen molar-refractivity contribution in [3.63, 3.8) is 0 Å². The van der Waals surface area contributed by atoms with Crippen molar-refractivity contribution in [3.05, 3.63) is 35.7 Å². The summed E-state index contributed by atoms with van der Waals surface area (Å²) in [5.74, 6) is -2.08. The molecule has 0 amide bonds. The van der Waals surface area contributed by atoms with Gasteiger partial charge in [-0.2, -0.15) is 13.2 Å². The molecule has 0 unspecified atom stereocenters. The maximum atomic E-state index is 13.9. The van der Waals surface area contributed by atoms with E-state index in [4.69, 9.17) is 5.11 Å². The molecule has 0 aliphatic carbocycles. The van der Waals surface area contributed by atoms with Gasteiger partial charge in [-0.05, 0) is 18.6 Å². The van der Waals surface area contributed by atoms with Crippen molar-refractivity contribution in [2.24, 2.45) is 0 Å². The summed E-state index contributed by atoms with van der Waals surface area (Å²) in [6.07, 6.45) is -2.24. The lowest BCUT2D eigenvalue weighted by atomic mass is 10.1. The average molecular weight is 305 g/mol. The predicted octanol–water partition coefficient (Wildman–Crippen LogP) is 3.70. The Hall–Kier alpha value is -2.05. The van der Waals surface area contributed by atoms with Gasteiger partial charge in [0.2, 0.25) is 0 Å². The van der Waals surface area contributed by atoms with E-state index in [9.17, 15) is 22.4 Å². The van der Waals surface area contributed by atoms with Crippen LogP contribution in [0.4, 0.5) is 23.2 Å². The number of alkyl halides is 3. The second kappa shape index (κ2) is 7.10. The fourth-order valence-corrected chi connectivity index (χ4v) is 1.92. The highest BCUT2D eigenvalue weighted by Crippen LogP contribution is 2.29. The maximum Gasteiger partial charge on any atom is 0.405 e. The monoisotopic (exact) mass is 305 g/mol. The topological polar surface area (TPSA) is 40.5 Å². The van der Waals surface area contributed by atoms with Gasteiger partial charge in [0, 0.05) is 18.2 Å². The Morgan fingerprint density at radius 1 is 1.38 bits per heavy atom. The van der Waals surface area contributed by atoms with E-state index in [1.165, 1.54) is 12.1 Å². The number of carboxylic acid groups (broad SMARTS) is 1. The number of rotatable bonds is 6. The molecule has 0 heterocycles. The molecule has 1 aromatic rings. The number of nitrogens with zero attached hydrogens (tertiary/aromatic N) is 1.